The van der Waals surface area contributed by atoms with Crippen LogP contribution in [-0.4, -0.2) is 42.8 Å². The number of rotatable bonds is 6. The van der Waals surface area contributed by atoms with Crippen molar-refractivity contribution >= 4 is 6.09 Å². The number of carbonyl (C=O) groups is 1. The van der Waals surface area contributed by atoms with Crippen LogP contribution in [0.1, 0.15) is 34.1 Å². The first-order valence-corrected chi connectivity index (χ1v) is 6.02. The maximum atomic E-state index is 11.8. The van der Waals surface area contributed by atoms with Gasteiger partial charge in [-0.3, -0.25) is 0 Å². The monoisotopic (exact) mass is 240 g/mol. The molecule has 0 aromatic heterocycles. The highest BCUT2D eigenvalue weighted by Gasteiger charge is 2.20. The van der Waals surface area contributed by atoms with Gasteiger partial charge in [-0.05, 0) is 40.7 Å². The lowest BCUT2D eigenvalue weighted by Gasteiger charge is -2.26. The quantitative estimate of drug-likeness (QED) is 0.569. The standard InChI is InChI=1S/C13H24N2O2/c1-6-9-14-10-8-11-15(7-2)12(16)17-13(3,4)5/h1,14H,7-11H2,2-5H3. The predicted octanol–water partition coefficient (Wildman–Crippen LogP) is 1.86. The van der Waals surface area contributed by atoms with E-state index in [-0.39, 0.29) is 6.09 Å². The molecule has 0 bridgehead atoms. The number of carbonyl (C=O) groups excluding carboxylic acids is 1. The first-order chi connectivity index (χ1) is 7.90. The van der Waals surface area contributed by atoms with Crippen molar-refractivity contribution in [2.45, 2.75) is 39.7 Å². The maximum absolute atomic E-state index is 11.8. The van der Waals surface area contributed by atoms with E-state index in [0.717, 1.165) is 13.0 Å². The SMILES string of the molecule is C#CCNCCCN(CC)C(=O)OC(C)(C)C. The molecule has 0 fully saturated rings. The summed E-state index contributed by atoms with van der Waals surface area (Å²) >= 11 is 0. The van der Waals surface area contributed by atoms with Gasteiger partial charge in [0.1, 0.15) is 5.60 Å². The number of hydrogen-bond acceptors (Lipinski definition) is 3. The molecule has 0 unspecified atom stereocenters. The molecule has 0 heterocycles. The third-order valence-electron chi connectivity index (χ3n) is 2.04. The van der Waals surface area contributed by atoms with Crippen LogP contribution in [-0.2, 0) is 4.74 Å². The van der Waals surface area contributed by atoms with Crippen LogP contribution in [0.3, 0.4) is 0 Å². The van der Waals surface area contributed by atoms with Gasteiger partial charge >= 0.3 is 6.09 Å². The molecule has 0 aliphatic carbocycles. The van der Waals surface area contributed by atoms with Crippen molar-refractivity contribution in [3.63, 3.8) is 0 Å². The van der Waals surface area contributed by atoms with E-state index >= 15 is 0 Å². The highest BCUT2D eigenvalue weighted by molar-refractivity contribution is 5.68. The molecule has 0 radical (unpaired) electrons. The van der Waals surface area contributed by atoms with Gasteiger partial charge in [0.25, 0.3) is 0 Å². The molecule has 0 aliphatic heterocycles. The second-order valence-electron chi connectivity index (χ2n) is 4.79. The van der Waals surface area contributed by atoms with E-state index in [1.165, 1.54) is 0 Å². The Kier molecular flexibility index (Phi) is 7.40. The second-order valence-corrected chi connectivity index (χ2v) is 4.79. The summed E-state index contributed by atoms with van der Waals surface area (Å²) < 4.78 is 5.30. The van der Waals surface area contributed by atoms with Gasteiger partial charge in [-0.1, -0.05) is 5.92 Å². The third-order valence-corrected chi connectivity index (χ3v) is 2.04. The van der Waals surface area contributed by atoms with Crippen LogP contribution in [0.5, 0.6) is 0 Å². The second kappa shape index (κ2) is 7.97. The van der Waals surface area contributed by atoms with Gasteiger partial charge in [0, 0.05) is 13.1 Å². The average molecular weight is 240 g/mol. The van der Waals surface area contributed by atoms with Gasteiger partial charge in [-0.15, -0.1) is 6.42 Å². The van der Waals surface area contributed by atoms with Gasteiger partial charge in [-0.2, -0.15) is 0 Å². The van der Waals surface area contributed by atoms with Crippen molar-refractivity contribution < 1.29 is 9.53 Å². The highest BCUT2D eigenvalue weighted by atomic mass is 16.6. The molecule has 0 aromatic rings. The van der Waals surface area contributed by atoms with E-state index in [1.54, 1.807) is 4.90 Å². The first-order valence-electron chi connectivity index (χ1n) is 6.02. The van der Waals surface area contributed by atoms with E-state index < -0.39 is 5.60 Å². The van der Waals surface area contributed by atoms with Crippen LogP contribution in [0, 0.1) is 12.3 Å². The van der Waals surface area contributed by atoms with E-state index in [9.17, 15) is 4.79 Å². The van der Waals surface area contributed by atoms with Gasteiger partial charge in [0.05, 0.1) is 6.54 Å². The van der Waals surface area contributed by atoms with Crippen molar-refractivity contribution in [1.82, 2.24) is 10.2 Å². The Balaban J connectivity index is 3.91. The molecule has 0 atom stereocenters. The fourth-order valence-electron chi connectivity index (χ4n) is 1.26. The molecule has 1 N–H and O–H groups in total. The van der Waals surface area contributed by atoms with E-state index in [1.807, 2.05) is 27.7 Å². The van der Waals surface area contributed by atoms with Crippen LogP contribution in [0.15, 0.2) is 0 Å². The van der Waals surface area contributed by atoms with Crippen molar-refractivity contribution in [3.05, 3.63) is 0 Å². The van der Waals surface area contributed by atoms with Gasteiger partial charge < -0.3 is 15.0 Å². The Morgan fingerprint density at radius 1 is 1.47 bits per heavy atom. The summed E-state index contributed by atoms with van der Waals surface area (Å²) in [4.78, 5) is 13.5. The molecule has 0 saturated carbocycles. The summed E-state index contributed by atoms with van der Waals surface area (Å²) in [6.45, 7) is 10.3. The largest absolute Gasteiger partial charge is 0.444 e. The van der Waals surface area contributed by atoms with Crippen molar-refractivity contribution in [1.29, 1.82) is 0 Å². The normalized spacial score (nSPS) is 10.8. The summed E-state index contributed by atoms with van der Waals surface area (Å²) in [5.74, 6) is 2.51. The molecule has 0 spiro atoms. The Morgan fingerprint density at radius 2 is 2.12 bits per heavy atom. The number of terminal acetylenes is 1. The molecule has 0 aliphatic rings. The summed E-state index contributed by atoms with van der Waals surface area (Å²) in [7, 11) is 0. The topological polar surface area (TPSA) is 41.6 Å². The zero-order valence-electron chi connectivity index (χ0n) is 11.4. The summed E-state index contributed by atoms with van der Waals surface area (Å²) in [5.41, 5.74) is -0.438. The van der Waals surface area contributed by atoms with Crippen molar-refractivity contribution in [2.75, 3.05) is 26.2 Å². The minimum atomic E-state index is -0.438. The Labute approximate surface area is 105 Å². The summed E-state index contributed by atoms with van der Waals surface area (Å²) in [6, 6.07) is 0. The number of hydrogen-bond donors (Lipinski definition) is 1. The van der Waals surface area contributed by atoms with E-state index in [2.05, 4.69) is 11.2 Å². The summed E-state index contributed by atoms with van der Waals surface area (Å²) in [5, 5.41) is 3.09. The third kappa shape index (κ3) is 8.58. The van der Waals surface area contributed by atoms with E-state index in [0.29, 0.717) is 19.6 Å². The molecule has 1 amide bonds. The van der Waals surface area contributed by atoms with Crippen LogP contribution in [0.2, 0.25) is 0 Å². The van der Waals surface area contributed by atoms with Crippen LogP contribution in [0.25, 0.3) is 0 Å². The Hall–Kier alpha value is -1.21. The lowest BCUT2D eigenvalue weighted by Crippen LogP contribution is -2.38. The van der Waals surface area contributed by atoms with Crippen molar-refractivity contribution in [2.24, 2.45) is 0 Å². The smallest absolute Gasteiger partial charge is 0.410 e. The fraction of sp³-hybridized carbons (Fsp3) is 0.769. The molecule has 98 valence electrons. The first kappa shape index (κ1) is 15.8. The fourth-order valence-corrected chi connectivity index (χ4v) is 1.26. The molecule has 0 saturated heterocycles. The number of nitrogens with zero attached hydrogens (tertiary/aromatic N) is 1. The molecular formula is C13H24N2O2. The van der Waals surface area contributed by atoms with E-state index in [4.69, 9.17) is 11.2 Å². The lowest BCUT2D eigenvalue weighted by molar-refractivity contribution is 0.0258. The maximum Gasteiger partial charge on any atom is 0.410 e. The van der Waals surface area contributed by atoms with Crippen molar-refractivity contribution in [3.8, 4) is 12.3 Å². The van der Waals surface area contributed by atoms with Crippen LogP contribution < -0.4 is 5.32 Å². The Bertz CT molecular complexity index is 264. The van der Waals surface area contributed by atoms with Gasteiger partial charge in [0.2, 0.25) is 0 Å². The zero-order valence-corrected chi connectivity index (χ0v) is 11.4. The van der Waals surface area contributed by atoms with Gasteiger partial charge in [0.15, 0.2) is 0 Å². The molecular weight excluding hydrogens is 216 g/mol. The van der Waals surface area contributed by atoms with Crippen LogP contribution in [0.4, 0.5) is 4.79 Å². The lowest BCUT2D eigenvalue weighted by atomic mass is 10.2. The predicted molar refractivity (Wildman–Crippen MR) is 69.8 cm³/mol. The minimum Gasteiger partial charge on any atom is -0.444 e. The molecule has 4 nitrogen and oxygen atoms in total. The van der Waals surface area contributed by atoms with Gasteiger partial charge in [-0.25, -0.2) is 4.79 Å². The number of nitrogens with one attached hydrogen (secondary N) is 1. The highest BCUT2D eigenvalue weighted by Crippen LogP contribution is 2.09. The molecule has 0 aromatic carbocycles. The molecule has 17 heavy (non-hydrogen) atoms. The zero-order chi connectivity index (χ0) is 13.3. The molecule has 4 heteroatoms. The number of ether oxygens (including phenoxy) is 1. The van der Waals surface area contributed by atoms with Crippen LogP contribution >= 0.6 is 0 Å². The minimum absolute atomic E-state index is 0.253. The summed E-state index contributed by atoms with van der Waals surface area (Å²) in [6.07, 6.45) is 5.73. The molecule has 0 rings (SSSR count). The Morgan fingerprint density at radius 3 is 2.59 bits per heavy atom. The number of amides is 1. The average Bonchev–Trinajstić information content (AvgIpc) is 2.20.